The van der Waals surface area contributed by atoms with Gasteiger partial charge >= 0.3 is 6.03 Å². The molecule has 19 heavy (non-hydrogen) atoms. The standard InChI is InChI=1S/C11H14N4O2S2/c16-7-8(4-9-2-1-3-18-9)5-12-11(17)14-10-6-13-15-19-10/h1-3,6,8,16H,4-5,7H2,(H2,12,14,17)/t8-/m1/s1. The summed E-state index contributed by atoms with van der Waals surface area (Å²) in [5.74, 6) is 0.0176. The van der Waals surface area contributed by atoms with Crippen LogP contribution in [0.5, 0.6) is 0 Å². The third kappa shape index (κ3) is 4.58. The van der Waals surface area contributed by atoms with E-state index in [0.717, 1.165) is 18.0 Å². The summed E-state index contributed by atoms with van der Waals surface area (Å²) in [4.78, 5) is 12.8. The molecule has 0 saturated carbocycles. The molecule has 3 N–H and O–H groups in total. The summed E-state index contributed by atoms with van der Waals surface area (Å²) < 4.78 is 3.65. The summed E-state index contributed by atoms with van der Waals surface area (Å²) in [7, 11) is 0. The van der Waals surface area contributed by atoms with Crippen LogP contribution < -0.4 is 10.6 Å². The Balaban J connectivity index is 1.74. The molecule has 0 aliphatic heterocycles. The molecule has 2 heterocycles. The van der Waals surface area contributed by atoms with Gasteiger partial charge in [0.25, 0.3) is 0 Å². The molecule has 2 rings (SSSR count). The van der Waals surface area contributed by atoms with Gasteiger partial charge < -0.3 is 10.4 Å². The fourth-order valence-corrected chi connectivity index (χ4v) is 2.77. The van der Waals surface area contributed by atoms with Crippen molar-refractivity contribution in [3.63, 3.8) is 0 Å². The van der Waals surface area contributed by atoms with E-state index in [9.17, 15) is 9.90 Å². The SMILES string of the molecule is O=C(NC[C@H](CO)Cc1cccs1)Nc1cnns1. The minimum absolute atomic E-state index is 0.0176. The Morgan fingerprint density at radius 3 is 3.05 bits per heavy atom. The Hall–Kier alpha value is -1.51. The molecule has 0 aliphatic rings. The predicted octanol–water partition coefficient (Wildman–Crippen LogP) is 1.57. The lowest BCUT2D eigenvalue weighted by Gasteiger charge is -2.14. The molecule has 0 bridgehead atoms. The summed E-state index contributed by atoms with van der Waals surface area (Å²) in [6, 6.07) is 3.69. The van der Waals surface area contributed by atoms with E-state index >= 15 is 0 Å². The van der Waals surface area contributed by atoms with Crippen LogP contribution in [0.2, 0.25) is 0 Å². The number of anilines is 1. The molecule has 0 aromatic carbocycles. The van der Waals surface area contributed by atoms with Crippen molar-refractivity contribution < 1.29 is 9.90 Å². The minimum Gasteiger partial charge on any atom is -0.396 e. The highest BCUT2D eigenvalue weighted by atomic mass is 32.1. The van der Waals surface area contributed by atoms with Crippen LogP contribution in [0.3, 0.4) is 0 Å². The summed E-state index contributed by atoms with van der Waals surface area (Å²) >= 11 is 2.76. The second kappa shape index (κ2) is 7.17. The van der Waals surface area contributed by atoms with Crippen LogP contribution in [0, 0.1) is 5.92 Å². The first-order chi connectivity index (χ1) is 9.28. The van der Waals surface area contributed by atoms with Crippen LogP contribution in [0.15, 0.2) is 23.7 Å². The summed E-state index contributed by atoms with van der Waals surface area (Å²) in [5, 5.41) is 20.9. The summed E-state index contributed by atoms with van der Waals surface area (Å²) in [6.07, 6.45) is 2.25. The number of aliphatic hydroxyl groups excluding tert-OH is 1. The topological polar surface area (TPSA) is 87.1 Å². The average Bonchev–Trinajstić information content (AvgIpc) is 3.07. The van der Waals surface area contributed by atoms with Crippen molar-refractivity contribution in [3.8, 4) is 0 Å². The molecule has 0 aliphatic carbocycles. The Bertz CT molecular complexity index is 487. The number of aliphatic hydroxyl groups is 1. The van der Waals surface area contributed by atoms with Crippen LogP contribution in [0.1, 0.15) is 4.88 Å². The van der Waals surface area contributed by atoms with Crippen LogP contribution in [-0.2, 0) is 6.42 Å². The lowest BCUT2D eigenvalue weighted by Crippen LogP contribution is -2.34. The van der Waals surface area contributed by atoms with Gasteiger partial charge in [-0.25, -0.2) is 4.79 Å². The third-order valence-corrected chi connectivity index (χ3v) is 3.96. The van der Waals surface area contributed by atoms with Gasteiger partial charge in [0, 0.05) is 35.5 Å². The van der Waals surface area contributed by atoms with E-state index in [1.165, 1.54) is 11.1 Å². The van der Waals surface area contributed by atoms with Gasteiger partial charge in [0.1, 0.15) is 5.00 Å². The molecule has 1 atom stereocenters. The smallest absolute Gasteiger partial charge is 0.319 e. The second-order valence-electron chi connectivity index (χ2n) is 3.95. The molecule has 0 spiro atoms. The van der Waals surface area contributed by atoms with Gasteiger partial charge in [-0.05, 0) is 17.9 Å². The van der Waals surface area contributed by atoms with Crippen LogP contribution >= 0.6 is 22.9 Å². The molecule has 0 fully saturated rings. The maximum Gasteiger partial charge on any atom is 0.319 e. The largest absolute Gasteiger partial charge is 0.396 e. The van der Waals surface area contributed by atoms with E-state index in [4.69, 9.17) is 0 Å². The van der Waals surface area contributed by atoms with E-state index in [2.05, 4.69) is 20.2 Å². The maximum absolute atomic E-state index is 11.6. The second-order valence-corrected chi connectivity index (χ2v) is 5.77. The molecule has 2 aromatic heterocycles. The average molecular weight is 298 g/mol. The van der Waals surface area contributed by atoms with E-state index in [-0.39, 0.29) is 18.6 Å². The number of nitrogens with zero attached hydrogens (tertiary/aromatic N) is 2. The number of thiophene rings is 1. The van der Waals surface area contributed by atoms with Gasteiger partial charge in [0.05, 0.1) is 6.20 Å². The molecule has 2 aromatic rings. The zero-order chi connectivity index (χ0) is 13.5. The maximum atomic E-state index is 11.6. The van der Waals surface area contributed by atoms with Gasteiger partial charge in [0.2, 0.25) is 0 Å². The number of carbonyl (C=O) groups excluding carboxylic acids is 1. The van der Waals surface area contributed by atoms with E-state index in [1.54, 1.807) is 11.3 Å². The van der Waals surface area contributed by atoms with Crippen molar-refractivity contribution in [2.24, 2.45) is 5.92 Å². The molecule has 102 valence electrons. The van der Waals surface area contributed by atoms with Crippen molar-refractivity contribution in [1.82, 2.24) is 14.9 Å². The highest BCUT2D eigenvalue weighted by molar-refractivity contribution is 7.10. The van der Waals surface area contributed by atoms with Crippen LogP contribution in [0.4, 0.5) is 9.80 Å². The van der Waals surface area contributed by atoms with Crippen molar-refractivity contribution in [1.29, 1.82) is 0 Å². The number of aromatic nitrogens is 2. The van der Waals surface area contributed by atoms with Crippen molar-refractivity contribution >= 4 is 33.9 Å². The van der Waals surface area contributed by atoms with Gasteiger partial charge in [0.15, 0.2) is 0 Å². The van der Waals surface area contributed by atoms with Gasteiger partial charge in [-0.15, -0.1) is 16.4 Å². The number of urea groups is 1. The lowest BCUT2D eigenvalue weighted by atomic mass is 10.1. The first kappa shape index (κ1) is 13.9. The number of nitrogens with one attached hydrogen (secondary N) is 2. The van der Waals surface area contributed by atoms with Crippen molar-refractivity contribution in [2.45, 2.75) is 6.42 Å². The Kier molecular flexibility index (Phi) is 5.25. The zero-order valence-corrected chi connectivity index (χ0v) is 11.7. The number of hydrogen-bond donors (Lipinski definition) is 3. The molecule has 0 unspecified atom stereocenters. The molecule has 0 saturated heterocycles. The van der Waals surface area contributed by atoms with Gasteiger partial charge in [-0.1, -0.05) is 10.6 Å². The molecular weight excluding hydrogens is 284 g/mol. The minimum atomic E-state index is -0.310. The molecule has 8 heteroatoms. The van der Waals surface area contributed by atoms with E-state index in [1.807, 2.05) is 17.5 Å². The first-order valence-corrected chi connectivity index (χ1v) is 7.38. The molecule has 6 nitrogen and oxygen atoms in total. The number of rotatable bonds is 6. The highest BCUT2D eigenvalue weighted by Crippen LogP contribution is 2.14. The van der Waals surface area contributed by atoms with Crippen molar-refractivity contribution in [3.05, 3.63) is 28.6 Å². The summed E-state index contributed by atoms with van der Waals surface area (Å²) in [5.41, 5.74) is 0. The zero-order valence-electron chi connectivity index (χ0n) is 10.1. The highest BCUT2D eigenvalue weighted by Gasteiger charge is 2.11. The Morgan fingerprint density at radius 1 is 1.53 bits per heavy atom. The molecule has 2 amide bonds. The van der Waals surface area contributed by atoms with E-state index < -0.39 is 0 Å². The number of carbonyl (C=O) groups is 1. The first-order valence-electron chi connectivity index (χ1n) is 5.73. The monoisotopic (exact) mass is 298 g/mol. The Labute approximate surface area is 118 Å². The number of hydrogen-bond acceptors (Lipinski definition) is 6. The van der Waals surface area contributed by atoms with Crippen LogP contribution in [-0.4, -0.2) is 33.9 Å². The summed E-state index contributed by atoms with van der Waals surface area (Å²) in [6.45, 7) is 0.465. The predicted molar refractivity (Wildman–Crippen MR) is 75.5 cm³/mol. The lowest BCUT2D eigenvalue weighted by molar-refractivity contribution is 0.218. The third-order valence-electron chi connectivity index (χ3n) is 2.48. The fraction of sp³-hybridized carbons (Fsp3) is 0.364. The van der Waals surface area contributed by atoms with E-state index in [0.29, 0.717) is 11.5 Å². The van der Waals surface area contributed by atoms with Gasteiger partial charge in [-0.2, -0.15) is 0 Å². The normalized spacial score (nSPS) is 12.1. The Morgan fingerprint density at radius 2 is 2.42 bits per heavy atom. The van der Waals surface area contributed by atoms with Gasteiger partial charge in [-0.3, -0.25) is 5.32 Å². The van der Waals surface area contributed by atoms with Crippen LogP contribution in [0.25, 0.3) is 0 Å². The molecule has 0 radical (unpaired) electrons. The van der Waals surface area contributed by atoms with Crippen molar-refractivity contribution in [2.75, 3.05) is 18.5 Å². The number of amides is 2. The molecular formula is C11H14N4O2S2. The fourth-order valence-electron chi connectivity index (χ4n) is 1.53. The quantitative estimate of drug-likeness (QED) is 0.755.